The van der Waals surface area contributed by atoms with Crippen LogP contribution in [-0.4, -0.2) is 7.05 Å². The highest BCUT2D eigenvalue weighted by atomic mass is 79.9. The molecule has 2 rings (SSSR count). The smallest absolute Gasteiger partial charge is 0.129 e. The first-order chi connectivity index (χ1) is 8.63. The van der Waals surface area contributed by atoms with Gasteiger partial charge in [0, 0.05) is 15.1 Å². The highest BCUT2D eigenvalue weighted by Crippen LogP contribution is 2.30. The van der Waals surface area contributed by atoms with E-state index < -0.39 is 0 Å². The summed E-state index contributed by atoms with van der Waals surface area (Å²) in [4.78, 5) is 0. The predicted octanol–water partition coefficient (Wildman–Crippen LogP) is 4.55. The van der Waals surface area contributed by atoms with Gasteiger partial charge in [-0.05, 0) is 30.8 Å². The van der Waals surface area contributed by atoms with E-state index in [0.29, 0.717) is 10.6 Å². The lowest BCUT2D eigenvalue weighted by Gasteiger charge is -2.19. The van der Waals surface area contributed by atoms with Gasteiger partial charge in [-0.3, -0.25) is 0 Å². The van der Waals surface area contributed by atoms with Crippen molar-refractivity contribution in [3.05, 3.63) is 68.9 Å². The minimum absolute atomic E-state index is 0.210. The van der Waals surface area contributed by atoms with E-state index in [1.165, 1.54) is 6.07 Å². The van der Waals surface area contributed by atoms with Gasteiger partial charge in [0.25, 0.3) is 0 Å². The molecule has 0 aliphatic rings. The maximum Gasteiger partial charge on any atom is 0.129 e. The van der Waals surface area contributed by atoms with Gasteiger partial charge in [-0.15, -0.1) is 0 Å². The van der Waals surface area contributed by atoms with Crippen molar-refractivity contribution < 1.29 is 4.39 Å². The summed E-state index contributed by atoms with van der Waals surface area (Å²) >= 11 is 9.26. The summed E-state index contributed by atoms with van der Waals surface area (Å²) in [6.45, 7) is 0. The third-order valence-corrected chi connectivity index (χ3v) is 3.74. The lowest BCUT2D eigenvalue weighted by molar-refractivity contribution is 0.575. The van der Waals surface area contributed by atoms with Crippen LogP contribution in [0.2, 0.25) is 5.02 Å². The minimum Gasteiger partial charge on any atom is -0.309 e. The van der Waals surface area contributed by atoms with Gasteiger partial charge in [0.1, 0.15) is 5.82 Å². The molecule has 0 saturated carbocycles. The van der Waals surface area contributed by atoms with E-state index >= 15 is 0 Å². The van der Waals surface area contributed by atoms with Crippen LogP contribution in [0.15, 0.2) is 46.9 Å². The van der Waals surface area contributed by atoms with Crippen LogP contribution in [-0.2, 0) is 0 Å². The summed E-state index contributed by atoms with van der Waals surface area (Å²) in [5.74, 6) is -0.308. The summed E-state index contributed by atoms with van der Waals surface area (Å²) in [6.07, 6.45) is 0. The van der Waals surface area contributed by atoms with E-state index in [4.69, 9.17) is 11.6 Å². The van der Waals surface area contributed by atoms with E-state index in [-0.39, 0.29) is 11.9 Å². The molecule has 1 atom stereocenters. The number of halogens is 3. The second kappa shape index (κ2) is 5.83. The first kappa shape index (κ1) is 13.5. The fourth-order valence-corrected chi connectivity index (χ4v) is 2.60. The van der Waals surface area contributed by atoms with Gasteiger partial charge < -0.3 is 5.32 Å². The Hall–Kier alpha value is -0.900. The number of hydrogen-bond donors (Lipinski definition) is 1. The molecular formula is C14H12BrClFN. The van der Waals surface area contributed by atoms with Crippen LogP contribution < -0.4 is 5.32 Å². The summed E-state index contributed by atoms with van der Waals surface area (Å²) in [5, 5.41) is 3.52. The van der Waals surface area contributed by atoms with E-state index in [2.05, 4.69) is 21.2 Å². The van der Waals surface area contributed by atoms with E-state index in [1.807, 2.05) is 24.3 Å². The van der Waals surface area contributed by atoms with Gasteiger partial charge in [0.15, 0.2) is 0 Å². The standard InChI is InChI=1S/C14H12BrClFN/c1-18-14(10-4-2-3-5-12(10)15)11-7-6-9(16)8-13(11)17/h2-8,14,18H,1H3. The highest BCUT2D eigenvalue weighted by molar-refractivity contribution is 9.10. The van der Waals surface area contributed by atoms with Crippen LogP contribution in [0.5, 0.6) is 0 Å². The van der Waals surface area contributed by atoms with Crippen LogP contribution in [0.4, 0.5) is 4.39 Å². The summed E-state index contributed by atoms with van der Waals surface area (Å²) < 4.78 is 14.9. The second-order valence-electron chi connectivity index (χ2n) is 3.91. The maximum absolute atomic E-state index is 14.0. The lowest BCUT2D eigenvalue weighted by Crippen LogP contribution is -2.19. The number of rotatable bonds is 3. The van der Waals surface area contributed by atoms with Crippen molar-refractivity contribution in [1.29, 1.82) is 0 Å². The van der Waals surface area contributed by atoms with E-state index in [9.17, 15) is 4.39 Å². The molecule has 0 radical (unpaired) electrons. The average molecular weight is 329 g/mol. The summed E-state index contributed by atoms with van der Waals surface area (Å²) in [7, 11) is 1.80. The first-order valence-corrected chi connectivity index (χ1v) is 6.67. The summed E-state index contributed by atoms with van der Waals surface area (Å²) in [6, 6.07) is 12.3. The second-order valence-corrected chi connectivity index (χ2v) is 5.20. The molecule has 1 nitrogen and oxygen atoms in total. The Balaban J connectivity index is 2.49. The van der Waals surface area contributed by atoms with Crippen LogP contribution in [0.25, 0.3) is 0 Å². The van der Waals surface area contributed by atoms with Crippen LogP contribution >= 0.6 is 27.5 Å². The first-order valence-electron chi connectivity index (χ1n) is 5.50. The molecule has 0 saturated heterocycles. The molecule has 0 spiro atoms. The molecule has 4 heteroatoms. The van der Waals surface area contributed by atoms with Crippen molar-refractivity contribution >= 4 is 27.5 Å². The van der Waals surface area contributed by atoms with Gasteiger partial charge in [-0.1, -0.05) is 51.8 Å². The molecule has 94 valence electrons. The third-order valence-electron chi connectivity index (χ3n) is 2.78. The fraction of sp³-hybridized carbons (Fsp3) is 0.143. The maximum atomic E-state index is 14.0. The van der Waals surface area contributed by atoms with Gasteiger partial charge >= 0.3 is 0 Å². The Morgan fingerprint density at radius 1 is 1.17 bits per heavy atom. The molecule has 0 bridgehead atoms. The Bertz CT molecular complexity index is 559. The van der Waals surface area contributed by atoms with Gasteiger partial charge in [-0.25, -0.2) is 4.39 Å². The Morgan fingerprint density at radius 2 is 1.89 bits per heavy atom. The molecule has 2 aromatic rings. The monoisotopic (exact) mass is 327 g/mol. The molecule has 0 amide bonds. The summed E-state index contributed by atoms with van der Waals surface area (Å²) in [5.41, 5.74) is 1.56. The largest absolute Gasteiger partial charge is 0.309 e. The van der Waals surface area contributed by atoms with E-state index in [0.717, 1.165) is 10.0 Å². The van der Waals surface area contributed by atoms with Crippen molar-refractivity contribution in [2.45, 2.75) is 6.04 Å². The minimum atomic E-state index is -0.308. The van der Waals surface area contributed by atoms with Gasteiger partial charge in [0.2, 0.25) is 0 Å². The SMILES string of the molecule is CNC(c1ccc(Cl)cc1F)c1ccccc1Br. The molecule has 1 unspecified atom stereocenters. The molecule has 18 heavy (non-hydrogen) atoms. The number of hydrogen-bond acceptors (Lipinski definition) is 1. The van der Waals surface area contributed by atoms with Crippen LogP contribution in [0.3, 0.4) is 0 Å². The topological polar surface area (TPSA) is 12.0 Å². The van der Waals surface area contributed by atoms with E-state index in [1.54, 1.807) is 19.2 Å². The van der Waals surface area contributed by atoms with Gasteiger partial charge in [0.05, 0.1) is 6.04 Å². The lowest BCUT2D eigenvalue weighted by atomic mass is 9.98. The molecule has 0 aliphatic carbocycles. The Labute approximate surface area is 119 Å². The van der Waals surface area contributed by atoms with Crippen molar-refractivity contribution in [1.82, 2.24) is 5.32 Å². The highest BCUT2D eigenvalue weighted by Gasteiger charge is 2.18. The quantitative estimate of drug-likeness (QED) is 0.871. The molecule has 2 aromatic carbocycles. The average Bonchev–Trinajstić information content (AvgIpc) is 2.34. The van der Waals surface area contributed by atoms with Gasteiger partial charge in [-0.2, -0.15) is 0 Å². The number of benzene rings is 2. The Morgan fingerprint density at radius 3 is 2.50 bits per heavy atom. The van der Waals surface area contributed by atoms with Crippen LogP contribution in [0, 0.1) is 5.82 Å². The molecule has 1 N–H and O–H groups in total. The zero-order valence-electron chi connectivity index (χ0n) is 9.75. The molecule has 0 aliphatic heterocycles. The number of nitrogens with one attached hydrogen (secondary N) is 1. The fourth-order valence-electron chi connectivity index (χ4n) is 1.92. The third kappa shape index (κ3) is 2.74. The Kier molecular flexibility index (Phi) is 4.38. The normalized spacial score (nSPS) is 12.4. The molecule has 0 aromatic heterocycles. The van der Waals surface area contributed by atoms with Crippen molar-refractivity contribution in [3.8, 4) is 0 Å². The molecular weight excluding hydrogens is 317 g/mol. The zero-order valence-corrected chi connectivity index (χ0v) is 12.1. The molecule has 0 heterocycles. The predicted molar refractivity (Wildman–Crippen MR) is 76.5 cm³/mol. The van der Waals surface area contributed by atoms with Crippen molar-refractivity contribution in [2.24, 2.45) is 0 Å². The van der Waals surface area contributed by atoms with Crippen molar-refractivity contribution in [3.63, 3.8) is 0 Å². The van der Waals surface area contributed by atoms with Crippen LogP contribution in [0.1, 0.15) is 17.2 Å². The molecule has 0 fully saturated rings. The van der Waals surface area contributed by atoms with Crippen molar-refractivity contribution in [2.75, 3.05) is 7.05 Å². The zero-order chi connectivity index (χ0) is 13.1.